The highest BCUT2D eigenvalue weighted by Gasteiger charge is 2.34. The fourth-order valence-electron chi connectivity index (χ4n) is 2.66. The van der Waals surface area contributed by atoms with Crippen molar-refractivity contribution in [2.45, 2.75) is 57.5 Å². The number of nitrogens with one attached hydrogen (secondary N) is 1. The van der Waals surface area contributed by atoms with Crippen molar-refractivity contribution >= 4 is 16.5 Å². The molecule has 0 spiro atoms. The van der Waals surface area contributed by atoms with Gasteiger partial charge in [-0.1, -0.05) is 6.92 Å². The molecule has 0 saturated heterocycles. The first-order valence-electron chi connectivity index (χ1n) is 8.29. The number of rotatable bonds is 10. The molecule has 1 N–H and O–H groups in total. The molecule has 118 valence electrons. The summed E-state index contributed by atoms with van der Waals surface area (Å²) in [7, 11) is 1.78. The molecule has 0 aromatic carbocycles. The van der Waals surface area contributed by atoms with Crippen LogP contribution in [0.2, 0.25) is 0 Å². The summed E-state index contributed by atoms with van der Waals surface area (Å²) in [4.78, 5) is 8.95. The lowest BCUT2D eigenvalue weighted by Gasteiger charge is -2.20. The number of methoxy groups -OCH3 is 1. The molecule has 2 aliphatic carbocycles. The van der Waals surface area contributed by atoms with Crippen LogP contribution in [-0.2, 0) is 11.3 Å². The minimum atomic E-state index is 0.704. The lowest BCUT2D eigenvalue weighted by atomic mass is 10.2. The molecule has 1 heterocycles. The number of hydrogen-bond donors (Lipinski definition) is 1. The molecule has 3 rings (SSSR count). The molecular formula is C16H27N3OS. The zero-order valence-corrected chi connectivity index (χ0v) is 14.0. The van der Waals surface area contributed by atoms with E-state index in [1.165, 1.54) is 47.8 Å². The fourth-order valence-corrected chi connectivity index (χ4v) is 3.88. The van der Waals surface area contributed by atoms with Gasteiger partial charge in [-0.05, 0) is 38.6 Å². The summed E-state index contributed by atoms with van der Waals surface area (Å²) in [6, 6.07) is 0.704. The van der Waals surface area contributed by atoms with Crippen molar-refractivity contribution in [1.29, 1.82) is 0 Å². The number of hydrogen-bond acceptors (Lipinski definition) is 5. The van der Waals surface area contributed by atoms with Gasteiger partial charge in [0.25, 0.3) is 0 Å². The number of anilines is 1. The standard InChI is InChI=1S/C16H27N3OS/c1-3-8-17-11-14-15(12-4-5-12)18-16(21-14)19(9-10-20-2)13-6-7-13/h12-13,17H,3-11H2,1-2H3. The molecule has 2 aliphatic rings. The molecule has 0 unspecified atom stereocenters. The van der Waals surface area contributed by atoms with Gasteiger partial charge < -0.3 is 15.0 Å². The van der Waals surface area contributed by atoms with Crippen molar-refractivity contribution in [2.24, 2.45) is 0 Å². The van der Waals surface area contributed by atoms with Crippen LogP contribution >= 0.6 is 11.3 Å². The maximum Gasteiger partial charge on any atom is 0.186 e. The number of ether oxygens (including phenoxy) is 1. The third kappa shape index (κ3) is 3.96. The Morgan fingerprint density at radius 2 is 2.14 bits per heavy atom. The molecule has 4 nitrogen and oxygen atoms in total. The summed E-state index contributed by atoms with van der Waals surface area (Å²) < 4.78 is 5.27. The number of nitrogens with zero attached hydrogens (tertiary/aromatic N) is 2. The SMILES string of the molecule is CCCNCc1sc(N(CCOC)C2CC2)nc1C1CC1. The Morgan fingerprint density at radius 3 is 2.76 bits per heavy atom. The maximum atomic E-state index is 5.27. The second kappa shape index (κ2) is 7.07. The predicted molar refractivity (Wildman–Crippen MR) is 88.3 cm³/mol. The van der Waals surface area contributed by atoms with E-state index < -0.39 is 0 Å². The monoisotopic (exact) mass is 309 g/mol. The number of aromatic nitrogens is 1. The van der Waals surface area contributed by atoms with Crippen molar-refractivity contribution in [1.82, 2.24) is 10.3 Å². The second-order valence-corrected chi connectivity index (χ2v) is 7.24. The van der Waals surface area contributed by atoms with Gasteiger partial charge in [0.05, 0.1) is 12.3 Å². The summed E-state index contributed by atoms with van der Waals surface area (Å²) in [5, 5.41) is 4.77. The lowest BCUT2D eigenvalue weighted by Crippen LogP contribution is -2.29. The average molecular weight is 309 g/mol. The van der Waals surface area contributed by atoms with Crippen molar-refractivity contribution in [3.8, 4) is 0 Å². The second-order valence-electron chi connectivity index (χ2n) is 6.17. The molecular weight excluding hydrogens is 282 g/mol. The van der Waals surface area contributed by atoms with Gasteiger partial charge in [-0.15, -0.1) is 11.3 Å². The van der Waals surface area contributed by atoms with E-state index in [2.05, 4.69) is 17.1 Å². The van der Waals surface area contributed by atoms with Crippen LogP contribution in [0.5, 0.6) is 0 Å². The normalized spacial score (nSPS) is 18.2. The van der Waals surface area contributed by atoms with Crippen molar-refractivity contribution in [3.63, 3.8) is 0 Å². The molecule has 2 saturated carbocycles. The summed E-state index contributed by atoms with van der Waals surface area (Å²) >= 11 is 1.90. The highest BCUT2D eigenvalue weighted by Crippen LogP contribution is 2.45. The first-order valence-corrected chi connectivity index (χ1v) is 9.11. The molecule has 21 heavy (non-hydrogen) atoms. The Bertz CT molecular complexity index is 454. The summed E-state index contributed by atoms with van der Waals surface area (Å²) in [6.07, 6.45) is 6.46. The van der Waals surface area contributed by atoms with Crippen LogP contribution in [0.15, 0.2) is 0 Å². The molecule has 0 aliphatic heterocycles. The molecule has 1 aromatic heterocycles. The van der Waals surface area contributed by atoms with Crippen LogP contribution in [0.4, 0.5) is 5.13 Å². The van der Waals surface area contributed by atoms with Gasteiger partial charge in [0, 0.05) is 37.0 Å². The largest absolute Gasteiger partial charge is 0.383 e. The van der Waals surface area contributed by atoms with Crippen LogP contribution in [-0.4, -0.2) is 37.8 Å². The van der Waals surface area contributed by atoms with Crippen molar-refractivity contribution < 1.29 is 4.74 Å². The predicted octanol–water partition coefficient (Wildman–Crippen LogP) is 3.14. The zero-order valence-electron chi connectivity index (χ0n) is 13.2. The lowest BCUT2D eigenvalue weighted by molar-refractivity contribution is 0.205. The van der Waals surface area contributed by atoms with E-state index in [-0.39, 0.29) is 0 Å². The van der Waals surface area contributed by atoms with E-state index >= 15 is 0 Å². The van der Waals surface area contributed by atoms with E-state index in [0.29, 0.717) is 6.04 Å². The van der Waals surface area contributed by atoms with Crippen molar-refractivity contribution in [3.05, 3.63) is 10.6 Å². The van der Waals surface area contributed by atoms with E-state index in [1.807, 2.05) is 11.3 Å². The molecule has 5 heteroatoms. The third-order valence-corrected chi connectivity index (χ3v) is 5.27. The van der Waals surface area contributed by atoms with E-state index in [1.54, 1.807) is 7.11 Å². The van der Waals surface area contributed by atoms with Crippen LogP contribution in [0.1, 0.15) is 55.5 Å². The Balaban J connectivity index is 1.72. The quantitative estimate of drug-likeness (QED) is 0.674. The van der Waals surface area contributed by atoms with Crippen LogP contribution in [0, 0.1) is 0 Å². The van der Waals surface area contributed by atoms with Gasteiger partial charge >= 0.3 is 0 Å². The van der Waals surface area contributed by atoms with Gasteiger partial charge in [0.1, 0.15) is 0 Å². The summed E-state index contributed by atoms with van der Waals surface area (Å²) in [6.45, 7) is 6.05. The van der Waals surface area contributed by atoms with Gasteiger partial charge in [-0.2, -0.15) is 0 Å². The number of thiazole rings is 1. The minimum absolute atomic E-state index is 0.704. The van der Waals surface area contributed by atoms with Crippen LogP contribution < -0.4 is 10.2 Å². The highest BCUT2D eigenvalue weighted by molar-refractivity contribution is 7.15. The van der Waals surface area contributed by atoms with Crippen molar-refractivity contribution in [2.75, 3.05) is 31.7 Å². The zero-order chi connectivity index (χ0) is 14.7. The first kappa shape index (κ1) is 15.3. The minimum Gasteiger partial charge on any atom is -0.383 e. The Hall–Kier alpha value is -0.650. The third-order valence-electron chi connectivity index (χ3n) is 4.16. The van der Waals surface area contributed by atoms with Gasteiger partial charge in [-0.25, -0.2) is 4.98 Å². The average Bonchev–Trinajstić information content (AvgIpc) is 3.39. The van der Waals surface area contributed by atoms with E-state index in [9.17, 15) is 0 Å². The smallest absolute Gasteiger partial charge is 0.186 e. The molecule has 0 radical (unpaired) electrons. The Morgan fingerprint density at radius 1 is 1.33 bits per heavy atom. The molecule has 1 aromatic rings. The van der Waals surface area contributed by atoms with Crippen LogP contribution in [0.3, 0.4) is 0 Å². The van der Waals surface area contributed by atoms with Gasteiger partial charge in [0.2, 0.25) is 0 Å². The molecule has 0 amide bonds. The maximum absolute atomic E-state index is 5.27. The molecule has 0 bridgehead atoms. The fraction of sp³-hybridized carbons (Fsp3) is 0.812. The van der Waals surface area contributed by atoms with E-state index in [0.717, 1.165) is 32.2 Å². The Labute approximate surface area is 131 Å². The van der Waals surface area contributed by atoms with E-state index in [4.69, 9.17) is 9.72 Å². The summed E-state index contributed by atoms with van der Waals surface area (Å²) in [5.41, 5.74) is 1.38. The summed E-state index contributed by atoms with van der Waals surface area (Å²) in [5.74, 6) is 0.733. The first-order chi connectivity index (χ1) is 10.3. The topological polar surface area (TPSA) is 37.4 Å². The highest BCUT2D eigenvalue weighted by atomic mass is 32.1. The Kier molecular flexibility index (Phi) is 5.14. The van der Waals surface area contributed by atoms with Gasteiger partial charge in [0.15, 0.2) is 5.13 Å². The molecule has 2 fully saturated rings. The molecule has 0 atom stereocenters. The van der Waals surface area contributed by atoms with Gasteiger partial charge in [-0.3, -0.25) is 0 Å². The van der Waals surface area contributed by atoms with Crippen LogP contribution in [0.25, 0.3) is 0 Å².